The molecular formula is C49H74N4O5. The number of nitrogens with one attached hydrogen (secondary N) is 2. The fourth-order valence-electron chi connectivity index (χ4n) is 7.05. The number of nitrogens with zero attached hydrogens (tertiary/aromatic N) is 2. The standard InChI is InChI=1S/C16H13NO2.C13H23NO2.C12H20N2O.C6H12.C2H6/c1-19-12-7-8-13-15(9-12)17-14(10-16(13)18)11-5-3-2-4-6-11;1-13(2,3)11(10-15)9-12(16)14-7-5-4-6-8-14;1-4-9-8-12(9,2)13-11(15)10-6-5-7-14(10)3;1-4-5-6(2)3;1-2/h2-10H,1H3,(H,17,18);10-11H,4-9H2,1-3H3;4,9-10H,1,5-8H2,2-3H3,(H,13,15);5H,4H2,1-3H3;1-2H3/t;11-;;;/m.1.../s1. The Balaban J connectivity index is 0.000000276. The van der Waals surface area contributed by atoms with E-state index < -0.39 is 0 Å². The summed E-state index contributed by atoms with van der Waals surface area (Å²) >= 11 is 0. The van der Waals surface area contributed by atoms with E-state index in [0.29, 0.717) is 17.7 Å². The molecule has 4 atom stereocenters. The Morgan fingerprint density at radius 1 is 1.02 bits per heavy atom. The number of aldehydes is 1. The molecule has 2 amide bonds. The predicted molar refractivity (Wildman–Crippen MR) is 242 cm³/mol. The smallest absolute Gasteiger partial charge is 0.237 e. The molecular weight excluding hydrogens is 725 g/mol. The van der Waals surface area contributed by atoms with E-state index in [9.17, 15) is 19.2 Å². The molecule has 58 heavy (non-hydrogen) atoms. The van der Waals surface area contributed by atoms with Crippen molar-refractivity contribution in [3.8, 4) is 17.0 Å². The zero-order valence-electron chi connectivity index (χ0n) is 37.6. The van der Waals surface area contributed by atoms with Crippen molar-refractivity contribution in [3.05, 3.63) is 89.1 Å². The van der Waals surface area contributed by atoms with Gasteiger partial charge in [0, 0.05) is 60.1 Å². The van der Waals surface area contributed by atoms with Crippen LogP contribution in [0.1, 0.15) is 114 Å². The maximum absolute atomic E-state index is 12.1. The van der Waals surface area contributed by atoms with Gasteiger partial charge in [-0.3, -0.25) is 19.3 Å². The lowest BCUT2D eigenvalue weighted by Crippen LogP contribution is -2.46. The van der Waals surface area contributed by atoms with E-state index in [1.165, 1.54) is 18.4 Å². The fourth-order valence-corrected chi connectivity index (χ4v) is 7.05. The first-order valence-electron chi connectivity index (χ1n) is 21.3. The fraction of sp³-hybridized carbons (Fsp3) is 0.551. The summed E-state index contributed by atoms with van der Waals surface area (Å²) in [4.78, 5) is 54.4. The van der Waals surface area contributed by atoms with Crippen LogP contribution in [-0.2, 0) is 14.4 Å². The summed E-state index contributed by atoms with van der Waals surface area (Å²) in [6.07, 6.45) is 13.2. The highest BCUT2D eigenvalue weighted by molar-refractivity contribution is 5.84. The summed E-state index contributed by atoms with van der Waals surface area (Å²) < 4.78 is 5.19. The van der Waals surface area contributed by atoms with Crippen molar-refractivity contribution < 1.29 is 19.1 Å². The molecule has 9 heteroatoms. The third-order valence-corrected chi connectivity index (χ3v) is 10.9. The summed E-state index contributed by atoms with van der Waals surface area (Å²) in [6.45, 7) is 25.1. The van der Waals surface area contributed by atoms with Gasteiger partial charge in [-0.1, -0.05) is 89.6 Å². The zero-order chi connectivity index (χ0) is 43.5. The van der Waals surface area contributed by atoms with Crippen molar-refractivity contribution in [2.75, 3.05) is 33.8 Å². The number of benzene rings is 2. The third-order valence-electron chi connectivity index (χ3n) is 10.9. The van der Waals surface area contributed by atoms with E-state index in [1.807, 2.05) is 89.0 Å². The van der Waals surface area contributed by atoms with Crippen molar-refractivity contribution in [1.29, 1.82) is 0 Å². The highest BCUT2D eigenvalue weighted by Crippen LogP contribution is 2.44. The number of likely N-dealkylation sites (N-methyl/N-ethyl adjacent to an activating group) is 1. The summed E-state index contributed by atoms with van der Waals surface area (Å²) in [6, 6.07) is 16.9. The molecule has 1 saturated carbocycles. The lowest BCUT2D eigenvalue weighted by molar-refractivity contribution is -0.136. The molecule has 6 rings (SSSR count). The van der Waals surface area contributed by atoms with Gasteiger partial charge in [-0.05, 0) is 102 Å². The van der Waals surface area contributed by atoms with Crippen LogP contribution in [-0.4, -0.2) is 78.3 Å². The van der Waals surface area contributed by atoms with Gasteiger partial charge >= 0.3 is 0 Å². The molecule has 3 unspecified atom stereocenters. The molecule has 320 valence electrons. The lowest BCUT2D eigenvalue weighted by Gasteiger charge is -2.31. The number of amides is 2. The van der Waals surface area contributed by atoms with Crippen LogP contribution < -0.4 is 15.5 Å². The van der Waals surface area contributed by atoms with Crippen LogP contribution >= 0.6 is 0 Å². The molecule has 3 aliphatic rings. The van der Waals surface area contributed by atoms with Crippen LogP contribution in [0.3, 0.4) is 0 Å². The second kappa shape index (κ2) is 24.4. The largest absolute Gasteiger partial charge is 0.497 e. The van der Waals surface area contributed by atoms with Crippen molar-refractivity contribution in [2.24, 2.45) is 17.3 Å². The predicted octanol–water partition coefficient (Wildman–Crippen LogP) is 10.0. The number of aromatic amines is 1. The number of rotatable bonds is 9. The Morgan fingerprint density at radius 3 is 2.16 bits per heavy atom. The van der Waals surface area contributed by atoms with Crippen LogP contribution in [0.5, 0.6) is 5.75 Å². The average molecular weight is 799 g/mol. The molecule has 2 aliphatic heterocycles. The van der Waals surface area contributed by atoms with Crippen molar-refractivity contribution in [1.82, 2.24) is 20.1 Å². The molecule has 2 saturated heterocycles. The number of likely N-dealkylation sites (tertiary alicyclic amines) is 2. The number of aromatic nitrogens is 1. The molecule has 2 aromatic carbocycles. The Morgan fingerprint density at radius 2 is 1.67 bits per heavy atom. The monoisotopic (exact) mass is 799 g/mol. The molecule has 9 nitrogen and oxygen atoms in total. The Kier molecular flexibility index (Phi) is 20.9. The summed E-state index contributed by atoms with van der Waals surface area (Å²) in [5, 5.41) is 3.82. The first-order chi connectivity index (χ1) is 27.6. The number of hydrogen-bond donors (Lipinski definition) is 2. The summed E-state index contributed by atoms with van der Waals surface area (Å²) in [7, 11) is 3.64. The number of H-pyrrole nitrogens is 1. The maximum Gasteiger partial charge on any atom is 0.237 e. The number of allylic oxidation sites excluding steroid dienone is 2. The van der Waals surface area contributed by atoms with Crippen molar-refractivity contribution >= 4 is 29.0 Å². The normalized spacial score (nSPS) is 20.1. The highest BCUT2D eigenvalue weighted by atomic mass is 16.5. The Bertz CT molecular complexity index is 1820. The second-order valence-corrected chi connectivity index (χ2v) is 16.9. The minimum absolute atomic E-state index is 0.00950. The van der Waals surface area contributed by atoms with Gasteiger partial charge < -0.3 is 24.7 Å². The molecule has 3 fully saturated rings. The van der Waals surface area contributed by atoms with Crippen molar-refractivity contribution in [2.45, 2.75) is 125 Å². The molecule has 3 aromatic rings. The highest BCUT2D eigenvalue weighted by Gasteiger charge is 2.50. The van der Waals surface area contributed by atoms with Crippen LogP contribution in [0.4, 0.5) is 0 Å². The van der Waals surface area contributed by atoms with E-state index in [0.717, 1.165) is 80.5 Å². The van der Waals surface area contributed by atoms with Crippen LogP contribution in [0, 0.1) is 17.3 Å². The Labute approximate surface area is 349 Å². The maximum atomic E-state index is 12.1. The van der Waals surface area contributed by atoms with Gasteiger partial charge in [0.25, 0.3) is 0 Å². The van der Waals surface area contributed by atoms with E-state index in [-0.39, 0.29) is 40.2 Å². The first kappa shape index (κ1) is 49.6. The number of hydrogen-bond acceptors (Lipinski definition) is 6. The minimum atomic E-state index is -0.165. The number of carbonyl (C=O) groups excluding carboxylic acids is 3. The van der Waals surface area contributed by atoms with Gasteiger partial charge in [-0.15, -0.1) is 6.58 Å². The number of fused-ring (bicyclic) bond motifs is 1. The first-order valence-corrected chi connectivity index (χ1v) is 21.3. The molecule has 0 spiro atoms. The molecule has 0 radical (unpaired) electrons. The van der Waals surface area contributed by atoms with Gasteiger partial charge in [-0.2, -0.15) is 0 Å². The summed E-state index contributed by atoms with van der Waals surface area (Å²) in [5.41, 5.74) is 3.88. The van der Waals surface area contributed by atoms with Crippen LogP contribution in [0.15, 0.2) is 83.7 Å². The van der Waals surface area contributed by atoms with Gasteiger partial charge in [0.1, 0.15) is 12.0 Å². The van der Waals surface area contributed by atoms with E-state index >= 15 is 0 Å². The molecule has 1 aliphatic carbocycles. The third kappa shape index (κ3) is 15.7. The Hall–Kier alpha value is -4.50. The molecule has 2 N–H and O–H groups in total. The van der Waals surface area contributed by atoms with Gasteiger partial charge in [0.05, 0.1) is 18.7 Å². The molecule has 0 bridgehead atoms. The van der Waals surface area contributed by atoms with E-state index in [4.69, 9.17) is 4.74 Å². The SMILES string of the molecule is C=CC1CC1(C)NC(=O)C1CCCN1C.CC.CC(C)(C)[C@@H](C=O)CC(=O)N1CCCCC1.CCC=C(C)C.COc1ccc2c(=O)cc(-c3ccccc3)[nH]c2c1. The summed E-state index contributed by atoms with van der Waals surface area (Å²) in [5.74, 6) is 1.37. The topological polar surface area (TPSA) is 112 Å². The molecule has 3 heterocycles. The van der Waals surface area contributed by atoms with E-state index in [2.05, 4.69) is 55.6 Å². The van der Waals surface area contributed by atoms with E-state index in [1.54, 1.807) is 25.3 Å². The zero-order valence-corrected chi connectivity index (χ0v) is 37.6. The van der Waals surface area contributed by atoms with Gasteiger partial charge in [0.15, 0.2) is 5.43 Å². The number of piperidine rings is 1. The van der Waals surface area contributed by atoms with Gasteiger partial charge in [-0.25, -0.2) is 0 Å². The molecule has 1 aromatic heterocycles. The minimum Gasteiger partial charge on any atom is -0.497 e. The quantitative estimate of drug-likeness (QED) is 0.165. The van der Waals surface area contributed by atoms with Gasteiger partial charge in [0.2, 0.25) is 11.8 Å². The van der Waals surface area contributed by atoms with Crippen LogP contribution in [0.25, 0.3) is 22.2 Å². The lowest BCUT2D eigenvalue weighted by atomic mass is 9.79. The number of carbonyl (C=O) groups is 3. The second-order valence-electron chi connectivity index (χ2n) is 16.9. The van der Waals surface area contributed by atoms with Crippen molar-refractivity contribution in [3.63, 3.8) is 0 Å². The number of ether oxygens (including phenoxy) is 1. The average Bonchev–Trinajstić information content (AvgIpc) is 3.66. The van der Waals surface area contributed by atoms with Crippen LogP contribution in [0.2, 0.25) is 0 Å². The number of methoxy groups -OCH3 is 1. The number of pyridine rings is 1.